The number of nitro groups is 2. The molecule has 2 aromatic rings. The molecule has 0 radical (unpaired) electrons. The monoisotopic (exact) mass is 343 g/mol. The highest BCUT2D eigenvalue weighted by atomic mass is 16.6. The Labute approximate surface area is 139 Å². The summed E-state index contributed by atoms with van der Waals surface area (Å²) in [7, 11) is 1.12. The van der Waals surface area contributed by atoms with Crippen molar-refractivity contribution in [1.29, 1.82) is 0 Å². The number of rotatable bonds is 4. The van der Waals surface area contributed by atoms with Gasteiger partial charge in [0.05, 0.1) is 28.1 Å². The van der Waals surface area contributed by atoms with E-state index in [1.165, 1.54) is 12.1 Å². The van der Waals surface area contributed by atoms with Gasteiger partial charge in [0.1, 0.15) is 5.69 Å². The van der Waals surface area contributed by atoms with E-state index in [0.29, 0.717) is 4.90 Å². The van der Waals surface area contributed by atoms with Crippen LogP contribution in [0.4, 0.5) is 17.1 Å². The van der Waals surface area contributed by atoms with Crippen LogP contribution < -0.4 is 9.64 Å². The van der Waals surface area contributed by atoms with E-state index in [4.69, 9.17) is 4.74 Å². The molecule has 25 heavy (non-hydrogen) atoms. The van der Waals surface area contributed by atoms with Crippen molar-refractivity contribution >= 4 is 28.9 Å². The Hall–Kier alpha value is -3.82. The number of carbonyl (C=O) groups excluding carboxylic acids is 2. The minimum absolute atomic E-state index is 0.0697. The van der Waals surface area contributed by atoms with Gasteiger partial charge in [0.25, 0.3) is 11.8 Å². The van der Waals surface area contributed by atoms with Gasteiger partial charge < -0.3 is 4.74 Å². The van der Waals surface area contributed by atoms with Gasteiger partial charge in [-0.25, -0.2) is 4.90 Å². The zero-order chi connectivity index (χ0) is 18.3. The Balaban J connectivity index is 2.28. The van der Waals surface area contributed by atoms with E-state index in [2.05, 4.69) is 0 Å². The van der Waals surface area contributed by atoms with Gasteiger partial charge in [0.15, 0.2) is 0 Å². The second kappa shape index (κ2) is 5.67. The first-order valence-electron chi connectivity index (χ1n) is 6.86. The molecule has 0 aliphatic carbocycles. The maximum absolute atomic E-state index is 12.5. The number of anilines is 1. The summed E-state index contributed by atoms with van der Waals surface area (Å²) in [6.45, 7) is 0. The number of amides is 2. The second-order valence-corrected chi connectivity index (χ2v) is 4.99. The summed E-state index contributed by atoms with van der Waals surface area (Å²) < 4.78 is 4.80. The Morgan fingerprint density at radius 2 is 1.40 bits per heavy atom. The highest BCUT2D eigenvalue weighted by Gasteiger charge is 2.43. The first kappa shape index (κ1) is 16.1. The third kappa shape index (κ3) is 2.27. The number of imide groups is 1. The lowest BCUT2D eigenvalue weighted by Gasteiger charge is -2.14. The molecule has 2 aromatic carbocycles. The fourth-order valence-corrected chi connectivity index (χ4v) is 2.66. The molecule has 0 unspecified atom stereocenters. The summed E-state index contributed by atoms with van der Waals surface area (Å²) in [4.78, 5) is 46.3. The molecular formula is C15H9N3O7. The molecule has 0 N–H and O–H groups in total. The van der Waals surface area contributed by atoms with Gasteiger partial charge in [0.2, 0.25) is 5.75 Å². The number of benzene rings is 2. The fourth-order valence-electron chi connectivity index (χ4n) is 2.66. The van der Waals surface area contributed by atoms with Gasteiger partial charge in [-0.15, -0.1) is 0 Å². The molecule has 10 heteroatoms. The average molecular weight is 343 g/mol. The minimum atomic E-state index is -1.01. The molecule has 0 aromatic heterocycles. The van der Waals surface area contributed by atoms with Gasteiger partial charge in [0, 0.05) is 0 Å². The van der Waals surface area contributed by atoms with Gasteiger partial charge in [-0.3, -0.25) is 29.8 Å². The first-order chi connectivity index (χ1) is 11.9. The molecule has 1 heterocycles. The van der Waals surface area contributed by atoms with Crippen molar-refractivity contribution in [2.45, 2.75) is 0 Å². The summed E-state index contributed by atoms with van der Waals surface area (Å²) in [5, 5.41) is 22.7. The van der Waals surface area contributed by atoms with Crippen LogP contribution in [-0.2, 0) is 0 Å². The standard InChI is InChI=1S/C15H9N3O7/c1-25-11-7-6-10(12(17(21)22)13(11)18(23)24)16-14(19)8-4-2-3-5-9(8)15(16)20/h2-7H,1H3. The van der Waals surface area contributed by atoms with E-state index >= 15 is 0 Å². The third-order valence-electron chi connectivity index (χ3n) is 3.71. The summed E-state index contributed by atoms with van der Waals surface area (Å²) in [5.74, 6) is -1.93. The van der Waals surface area contributed by atoms with Crippen LogP contribution in [0.1, 0.15) is 20.7 Å². The molecule has 0 fully saturated rings. The van der Waals surface area contributed by atoms with E-state index in [9.17, 15) is 29.8 Å². The zero-order valence-corrected chi connectivity index (χ0v) is 12.7. The minimum Gasteiger partial charge on any atom is -0.490 e. The zero-order valence-electron chi connectivity index (χ0n) is 12.7. The lowest BCUT2D eigenvalue weighted by molar-refractivity contribution is -0.422. The Bertz CT molecular complexity index is 919. The summed E-state index contributed by atoms with van der Waals surface area (Å²) >= 11 is 0. The molecule has 1 aliphatic rings. The third-order valence-corrected chi connectivity index (χ3v) is 3.71. The van der Waals surface area contributed by atoms with Crippen molar-refractivity contribution < 1.29 is 24.2 Å². The van der Waals surface area contributed by atoms with Crippen LogP contribution in [0.5, 0.6) is 5.75 Å². The van der Waals surface area contributed by atoms with E-state index < -0.39 is 38.7 Å². The number of hydrogen-bond acceptors (Lipinski definition) is 7. The molecule has 10 nitrogen and oxygen atoms in total. The van der Waals surface area contributed by atoms with Crippen LogP contribution in [0.3, 0.4) is 0 Å². The average Bonchev–Trinajstić information content (AvgIpc) is 2.84. The maximum Gasteiger partial charge on any atom is 0.389 e. The maximum atomic E-state index is 12.5. The molecule has 0 saturated carbocycles. The lowest BCUT2D eigenvalue weighted by Crippen LogP contribution is -2.30. The number of ether oxygens (including phenoxy) is 1. The van der Waals surface area contributed by atoms with E-state index in [1.54, 1.807) is 12.1 Å². The summed E-state index contributed by atoms with van der Waals surface area (Å²) in [5.41, 5.74) is -2.26. The highest BCUT2D eigenvalue weighted by molar-refractivity contribution is 6.35. The molecule has 1 aliphatic heterocycles. The number of fused-ring (bicyclic) bond motifs is 1. The van der Waals surface area contributed by atoms with Gasteiger partial charge in [-0.2, -0.15) is 0 Å². The number of hydrogen-bond donors (Lipinski definition) is 0. The summed E-state index contributed by atoms with van der Waals surface area (Å²) in [6.07, 6.45) is 0. The van der Waals surface area contributed by atoms with Crippen LogP contribution in [0.15, 0.2) is 36.4 Å². The van der Waals surface area contributed by atoms with Crippen LogP contribution in [0, 0.1) is 20.2 Å². The van der Waals surface area contributed by atoms with Crippen LogP contribution in [0.25, 0.3) is 0 Å². The number of nitrogens with zero attached hydrogens (tertiary/aromatic N) is 3. The SMILES string of the molecule is COc1ccc(N2C(=O)c3ccccc3C2=O)c([N+](=O)[O-])c1[N+](=O)[O-]. The smallest absolute Gasteiger partial charge is 0.389 e. The number of nitro benzene ring substituents is 2. The first-order valence-corrected chi connectivity index (χ1v) is 6.86. The molecule has 126 valence electrons. The predicted octanol–water partition coefficient (Wildman–Crippen LogP) is 2.31. The topological polar surface area (TPSA) is 133 Å². The molecule has 0 saturated heterocycles. The van der Waals surface area contributed by atoms with E-state index in [0.717, 1.165) is 19.2 Å². The van der Waals surface area contributed by atoms with E-state index in [1.807, 2.05) is 0 Å². The Morgan fingerprint density at radius 3 is 1.84 bits per heavy atom. The van der Waals surface area contributed by atoms with Gasteiger partial charge in [-0.1, -0.05) is 12.1 Å². The molecule has 0 atom stereocenters. The highest BCUT2D eigenvalue weighted by Crippen LogP contribution is 2.45. The lowest BCUT2D eigenvalue weighted by atomic mass is 10.1. The van der Waals surface area contributed by atoms with Crippen LogP contribution >= 0.6 is 0 Å². The number of carbonyl (C=O) groups is 2. The van der Waals surface area contributed by atoms with Crippen molar-refractivity contribution in [3.05, 3.63) is 67.8 Å². The van der Waals surface area contributed by atoms with Crippen LogP contribution in [0.2, 0.25) is 0 Å². The predicted molar refractivity (Wildman–Crippen MR) is 83.9 cm³/mol. The molecule has 3 rings (SSSR count). The summed E-state index contributed by atoms with van der Waals surface area (Å²) in [6, 6.07) is 8.06. The van der Waals surface area contributed by atoms with E-state index in [-0.39, 0.29) is 16.9 Å². The number of methoxy groups -OCH3 is 1. The molecule has 0 bridgehead atoms. The van der Waals surface area contributed by atoms with Crippen LogP contribution in [-0.4, -0.2) is 28.8 Å². The van der Waals surface area contributed by atoms with Crippen molar-refractivity contribution in [2.75, 3.05) is 12.0 Å². The Morgan fingerprint density at radius 1 is 0.880 bits per heavy atom. The van der Waals surface area contributed by atoms with Crippen molar-refractivity contribution in [3.63, 3.8) is 0 Å². The van der Waals surface area contributed by atoms with Gasteiger partial charge >= 0.3 is 11.4 Å². The van der Waals surface area contributed by atoms with Crippen molar-refractivity contribution in [2.24, 2.45) is 0 Å². The quantitative estimate of drug-likeness (QED) is 0.472. The second-order valence-electron chi connectivity index (χ2n) is 4.99. The largest absolute Gasteiger partial charge is 0.490 e. The van der Waals surface area contributed by atoms with Gasteiger partial charge in [-0.05, 0) is 24.3 Å². The van der Waals surface area contributed by atoms with Crippen molar-refractivity contribution in [3.8, 4) is 5.75 Å². The fraction of sp³-hybridized carbons (Fsp3) is 0.0667. The molecule has 2 amide bonds. The molecular weight excluding hydrogens is 334 g/mol. The molecule has 0 spiro atoms. The normalized spacial score (nSPS) is 12.9. The Kier molecular flexibility index (Phi) is 3.64. The van der Waals surface area contributed by atoms with Crippen molar-refractivity contribution in [1.82, 2.24) is 0 Å².